The Labute approximate surface area is 115 Å². The van der Waals surface area contributed by atoms with E-state index in [4.69, 9.17) is 5.73 Å². The first-order valence-electron chi connectivity index (χ1n) is 6.10. The van der Waals surface area contributed by atoms with Gasteiger partial charge in [-0.1, -0.05) is 15.9 Å². The summed E-state index contributed by atoms with van der Waals surface area (Å²) in [7, 11) is 0. The molecule has 0 saturated heterocycles. The van der Waals surface area contributed by atoms with E-state index in [-0.39, 0.29) is 18.1 Å². The average Bonchev–Trinajstić information content (AvgIpc) is 2.32. The van der Waals surface area contributed by atoms with Gasteiger partial charge < -0.3 is 16.2 Å². The number of nitrogen functional groups attached to an aromatic ring is 1. The van der Waals surface area contributed by atoms with Gasteiger partial charge in [-0.3, -0.25) is 4.79 Å². The second-order valence-corrected chi connectivity index (χ2v) is 5.63. The van der Waals surface area contributed by atoms with E-state index in [9.17, 15) is 9.90 Å². The molecule has 1 aliphatic carbocycles. The standard InChI is InChI=1S/C13H17BrN2O2/c14-8-1-6-11(12(15)7-8)13(18)16-9-2-4-10(17)5-3-9/h1,6-7,9-10,17H,2-5,15H2,(H,16,18). The molecule has 0 aromatic heterocycles. The number of nitrogens with two attached hydrogens (primary N) is 1. The van der Waals surface area contributed by atoms with Gasteiger partial charge in [-0.2, -0.15) is 0 Å². The molecule has 0 bridgehead atoms. The molecule has 1 aromatic carbocycles. The van der Waals surface area contributed by atoms with Crippen LogP contribution in [0.15, 0.2) is 22.7 Å². The maximum atomic E-state index is 12.1. The first kappa shape index (κ1) is 13.4. The fourth-order valence-corrected chi connectivity index (χ4v) is 2.60. The van der Waals surface area contributed by atoms with Crippen molar-refractivity contribution in [1.82, 2.24) is 5.32 Å². The highest BCUT2D eigenvalue weighted by molar-refractivity contribution is 9.10. The highest BCUT2D eigenvalue weighted by Crippen LogP contribution is 2.21. The van der Waals surface area contributed by atoms with Crippen LogP contribution in [0.5, 0.6) is 0 Å². The van der Waals surface area contributed by atoms with Crippen molar-refractivity contribution < 1.29 is 9.90 Å². The Morgan fingerprint density at radius 3 is 2.61 bits per heavy atom. The lowest BCUT2D eigenvalue weighted by Crippen LogP contribution is -2.38. The molecule has 98 valence electrons. The predicted molar refractivity (Wildman–Crippen MR) is 74.3 cm³/mol. The van der Waals surface area contributed by atoms with Crippen molar-refractivity contribution in [3.8, 4) is 0 Å². The molecule has 2 rings (SSSR count). The van der Waals surface area contributed by atoms with Crippen LogP contribution in [0.25, 0.3) is 0 Å². The molecule has 0 atom stereocenters. The molecule has 0 aliphatic heterocycles. The summed E-state index contributed by atoms with van der Waals surface area (Å²) in [4.78, 5) is 12.1. The zero-order chi connectivity index (χ0) is 13.1. The molecule has 1 aliphatic rings. The van der Waals surface area contributed by atoms with Gasteiger partial charge in [0.25, 0.3) is 5.91 Å². The number of rotatable bonds is 2. The normalized spacial score (nSPS) is 23.7. The Morgan fingerprint density at radius 2 is 2.00 bits per heavy atom. The largest absolute Gasteiger partial charge is 0.398 e. The van der Waals surface area contributed by atoms with Crippen LogP contribution in [-0.4, -0.2) is 23.2 Å². The number of carbonyl (C=O) groups excluding carboxylic acids is 1. The number of carbonyl (C=O) groups is 1. The first-order chi connectivity index (χ1) is 8.56. The Balaban J connectivity index is 1.99. The highest BCUT2D eigenvalue weighted by atomic mass is 79.9. The van der Waals surface area contributed by atoms with Crippen molar-refractivity contribution >= 4 is 27.5 Å². The summed E-state index contributed by atoms with van der Waals surface area (Å²) in [6.07, 6.45) is 2.93. The SMILES string of the molecule is Nc1cc(Br)ccc1C(=O)NC1CCC(O)CC1. The first-order valence-corrected chi connectivity index (χ1v) is 6.89. The summed E-state index contributed by atoms with van der Waals surface area (Å²) in [5.74, 6) is -0.138. The third-order valence-electron chi connectivity index (χ3n) is 3.29. The molecule has 4 nitrogen and oxygen atoms in total. The Bertz CT molecular complexity index is 443. The van der Waals surface area contributed by atoms with E-state index >= 15 is 0 Å². The maximum absolute atomic E-state index is 12.1. The highest BCUT2D eigenvalue weighted by Gasteiger charge is 2.21. The molecule has 1 saturated carbocycles. The van der Waals surface area contributed by atoms with E-state index in [1.165, 1.54) is 0 Å². The summed E-state index contributed by atoms with van der Waals surface area (Å²) in [6, 6.07) is 5.38. The van der Waals surface area contributed by atoms with E-state index < -0.39 is 0 Å². The van der Waals surface area contributed by atoms with Crippen LogP contribution < -0.4 is 11.1 Å². The van der Waals surface area contributed by atoms with Gasteiger partial charge in [0.15, 0.2) is 0 Å². The summed E-state index contributed by atoms with van der Waals surface area (Å²) >= 11 is 3.31. The van der Waals surface area contributed by atoms with Crippen LogP contribution in [0, 0.1) is 0 Å². The van der Waals surface area contributed by atoms with Gasteiger partial charge >= 0.3 is 0 Å². The van der Waals surface area contributed by atoms with Crippen molar-refractivity contribution in [2.75, 3.05) is 5.73 Å². The van der Waals surface area contributed by atoms with Gasteiger partial charge in [-0.05, 0) is 43.9 Å². The fourth-order valence-electron chi connectivity index (χ4n) is 2.22. The quantitative estimate of drug-likeness (QED) is 0.732. The number of nitrogens with one attached hydrogen (secondary N) is 1. The van der Waals surface area contributed by atoms with Crippen molar-refractivity contribution in [3.05, 3.63) is 28.2 Å². The lowest BCUT2D eigenvalue weighted by Gasteiger charge is -2.26. The number of amides is 1. The lowest BCUT2D eigenvalue weighted by molar-refractivity contribution is 0.0868. The molecule has 5 heteroatoms. The van der Waals surface area contributed by atoms with Crippen LogP contribution in [0.4, 0.5) is 5.69 Å². The zero-order valence-electron chi connectivity index (χ0n) is 10.0. The van der Waals surface area contributed by atoms with Crippen molar-refractivity contribution in [3.63, 3.8) is 0 Å². The molecule has 0 spiro atoms. The zero-order valence-corrected chi connectivity index (χ0v) is 11.6. The van der Waals surface area contributed by atoms with E-state index in [1.807, 2.05) is 0 Å². The smallest absolute Gasteiger partial charge is 0.253 e. The van der Waals surface area contributed by atoms with Gasteiger partial charge in [-0.25, -0.2) is 0 Å². The topological polar surface area (TPSA) is 75.4 Å². The van der Waals surface area contributed by atoms with E-state index in [1.54, 1.807) is 18.2 Å². The molecule has 1 fully saturated rings. The van der Waals surface area contributed by atoms with Gasteiger partial charge in [0, 0.05) is 16.2 Å². The predicted octanol–water partition coefficient (Wildman–Crippen LogP) is 2.06. The third-order valence-corrected chi connectivity index (χ3v) is 3.78. The molecule has 0 radical (unpaired) electrons. The monoisotopic (exact) mass is 312 g/mol. The summed E-state index contributed by atoms with van der Waals surface area (Å²) in [5, 5.41) is 12.4. The number of benzene rings is 1. The van der Waals surface area contributed by atoms with Crippen molar-refractivity contribution in [2.24, 2.45) is 0 Å². The number of aliphatic hydroxyl groups is 1. The Morgan fingerprint density at radius 1 is 1.33 bits per heavy atom. The van der Waals surface area contributed by atoms with Crippen LogP contribution in [0.3, 0.4) is 0 Å². The van der Waals surface area contributed by atoms with Crippen LogP contribution in [-0.2, 0) is 0 Å². The second kappa shape index (κ2) is 5.71. The van der Waals surface area contributed by atoms with Gasteiger partial charge in [0.1, 0.15) is 0 Å². The molecule has 1 amide bonds. The summed E-state index contributed by atoms with van der Waals surface area (Å²) in [5.41, 5.74) is 6.79. The van der Waals surface area contributed by atoms with E-state index in [2.05, 4.69) is 21.2 Å². The number of aliphatic hydroxyl groups excluding tert-OH is 1. The molecular weight excluding hydrogens is 296 g/mol. The molecule has 0 unspecified atom stereocenters. The van der Waals surface area contributed by atoms with Crippen molar-refractivity contribution in [2.45, 2.75) is 37.8 Å². The summed E-state index contributed by atoms with van der Waals surface area (Å²) in [6.45, 7) is 0. The fraction of sp³-hybridized carbons (Fsp3) is 0.462. The Kier molecular flexibility index (Phi) is 4.24. The van der Waals surface area contributed by atoms with Gasteiger partial charge in [0.2, 0.25) is 0 Å². The minimum Gasteiger partial charge on any atom is -0.398 e. The van der Waals surface area contributed by atoms with E-state index in [0.29, 0.717) is 11.3 Å². The Hall–Kier alpha value is -1.07. The number of halogens is 1. The lowest BCUT2D eigenvalue weighted by atomic mass is 9.93. The van der Waals surface area contributed by atoms with Crippen LogP contribution in [0.1, 0.15) is 36.0 Å². The average molecular weight is 313 g/mol. The minimum absolute atomic E-state index is 0.138. The van der Waals surface area contributed by atoms with E-state index in [0.717, 1.165) is 30.2 Å². The van der Waals surface area contributed by atoms with Gasteiger partial charge in [-0.15, -0.1) is 0 Å². The minimum atomic E-state index is -0.212. The number of hydrogen-bond acceptors (Lipinski definition) is 3. The van der Waals surface area contributed by atoms with Crippen LogP contribution >= 0.6 is 15.9 Å². The summed E-state index contributed by atoms with van der Waals surface area (Å²) < 4.78 is 0.859. The third kappa shape index (κ3) is 3.23. The van der Waals surface area contributed by atoms with Gasteiger partial charge in [0.05, 0.1) is 11.7 Å². The molecule has 4 N–H and O–H groups in total. The maximum Gasteiger partial charge on any atom is 0.253 e. The van der Waals surface area contributed by atoms with Crippen LogP contribution in [0.2, 0.25) is 0 Å². The molecular formula is C13H17BrN2O2. The molecule has 1 aromatic rings. The second-order valence-electron chi connectivity index (χ2n) is 4.71. The number of hydrogen-bond donors (Lipinski definition) is 3. The molecule has 18 heavy (non-hydrogen) atoms. The molecule has 0 heterocycles. The number of anilines is 1. The van der Waals surface area contributed by atoms with Crippen molar-refractivity contribution in [1.29, 1.82) is 0 Å².